The van der Waals surface area contributed by atoms with E-state index < -0.39 is 0 Å². The summed E-state index contributed by atoms with van der Waals surface area (Å²) in [5.74, 6) is 0.509. The molecule has 0 unspecified atom stereocenters. The summed E-state index contributed by atoms with van der Waals surface area (Å²) >= 11 is 1.51. The van der Waals surface area contributed by atoms with E-state index >= 15 is 0 Å². The van der Waals surface area contributed by atoms with Gasteiger partial charge in [0, 0.05) is 19.0 Å². The Morgan fingerprint density at radius 3 is 2.50 bits per heavy atom. The highest BCUT2D eigenvalue weighted by molar-refractivity contribution is 7.99. The number of para-hydroxylation sites is 1. The number of benzene rings is 2. The largest absolute Gasteiger partial charge is 0.341 e. The van der Waals surface area contributed by atoms with Crippen LogP contribution in [0.25, 0.3) is 10.9 Å². The van der Waals surface area contributed by atoms with Gasteiger partial charge in [0.25, 0.3) is 0 Å². The van der Waals surface area contributed by atoms with Crippen LogP contribution < -0.4 is 0 Å². The van der Waals surface area contributed by atoms with Crippen molar-refractivity contribution < 1.29 is 4.79 Å². The fourth-order valence-electron chi connectivity index (χ4n) is 2.98. The van der Waals surface area contributed by atoms with Gasteiger partial charge in [0.15, 0.2) is 0 Å². The molecular weight excluding hydrogens is 340 g/mol. The molecule has 0 radical (unpaired) electrons. The van der Waals surface area contributed by atoms with Crippen LogP contribution in [0, 0.1) is 20.8 Å². The lowest BCUT2D eigenvalue weighted by atomic mass is 10.1. The van der Waals surface area contributed by atoms with E-state index in [1.165, 1.54) is 33.8 Å². The van der Waals surface area contributed by atoms with E-state index in [9.17, 15) is 4.79 Å². The van der Waals surface area contributed by atoms with Gasteiger partial charge in [-0.3, -0.25) is 4.79 Å². The summed E-state index contributed by atoms with van der Waals surface area (Å²) in [7, 11) is 1.86. The topological polar surface area (TPSA) is 33.2 Å². The predicted octanol–water partition coefficient (Wildman–Crippen LogP) is 4.91. The molecule has 0 aliphatic carbocycles. The van der Waals surface area contributed by atoms with Crippen LogP contribution in [0.5, 0.6) is 0 Å². The maximum atomic E-state index is 12.5. The molecule has 0 atom stereocenters. The van der Waals surface area contributed by atoms with E-state index in [1.54, 1.807) is 4.90 Å². The number of hydrogen-bond donors (Lipinski definition) is 0. The number of hydrogen-bond acceptors (Lipinski definition) is 3. The van der Waals surface area contributed by atoms with Crippen LogP contribution in [-0.4, -0.2) is 28.6 Å². The van der Waals surface area contributed by atoms with E-state index in [2.05, 4.69) is 57.2 Å². The van der Waals surface area contributed by atoms with Crippen LogP contribution in [0.4, 0.5) is 0 Å². The van der Waals surface area contributed by atoms with Crippen molar-refractivity contribution >= 4 is 28.6 Å². The molecule has 3 nitrogen and oxygen atoms in total. The summed E-state index contributed by atoms with van der Waals surface area (Å²) in [4.78, 5) is 19.1. The predicted molar refractivity (Wildman–Crippen MR) is 110 cm³/mol. The molecule has 1 aromatic heterocycles. The number of rotatable bonds is 5. The number of carbonyl (C=O) groups is 1. The summed E-state index contributed by atoms with van der Waals surface area (Å²) in [6, 6.07) is 16.5. The number of aryl methyl sites for hydroxylation is 3. The molecule has 3 rings (SSSR count). The smallest absolute Gasteiger partial charge is 0.233 e. The Kier molecular flexibility index (Phi) is 5.62. The fraction of sp³-hybridized carbons (Fsp3) is 0.273. The molecule has 0 N–H and O–H groups in total. The number of thioether (sulfide) groups is 1. The molecule has 0 bridgehead atoms. The molecule has 0 aliphatic rings. The van der Waals surface area contributed by atoms with E-state index in [1.807, 2.05) is 19.2 Å². The molecule has 0 saturated carbocycles. The zero-order chi connectivity index (χ0) is 18.7. The number of aromatic nitrogens is 1. The normalized spacial score (nSPS) is 10.9. The third-order valence-electron chi connectivity index (χ3n) is 4.66. The lowest BCUT2D eigenvalue weighted by Crippen LogP contribution is -2.28. The van der Waals surface area contributed by atoms with Crippen molar-refractivity contribution in [3.05, 3.63) is 70.8 Å². The van der Waals surface area contributed by atoms with E-state index in [-0.39, 0.29) is 5.91 Å². The van der Waals surface area contributed by atoms with Crippen LogP contribution in [-0.2, 0) is 11.3 Å². The Balaban J connectivity index is 1.68. The van der Waals surface area contributed by atoms with Crippen LogP contribution in [0.3, 0.4) is 0 Å². The minimum absolute atomic E-state index is 0.114. The van der Waals surface area contributed by atoms with Crippen LogP contribution in [0.2, 0.25) is 0 Å². The van der Waals surface area contributed by atoms with Gasteiger partial charge in [-0.2, -0.15) is 0 Å². The Labute approximate surface area is 159 Å². The Hall–Kier alpha value is -2.33. The van der Waals surface area contributed by atoms with Crippen molar-refractivity contribution in [2.24, 2.45) is 0 Å². The summed E-state index contributed by atoms with van der Waals surface area (Å²) in [5, 5.41) is 2.08. The molecule has 26 heavy (non-hydrogen) atoms. The van der Waals surface area contributed by atoms with Crippen molar-refractivity contribution in [1.82, 2.24) is 9.88 Å². The summed E-state index contributed by atoms with van der Waals surface area (Å²) < 4.78 is 0. The lowest BCUT2D eigenvalue weighted by Gasteiger charge is -2.18. The van der Waals surface area contributed by atoms with E-state index in [0.29, 0.717) is 12.3 Å². The van der Waals surface area contributed by atoms with Gasteiger partial charge in [0.05, 0.1) is 16.3 Å². The van der Waals surface area contributed by atoms with Crippen LogP contribution in [0.1, 0.15) is 22.3 Å². The number of amides is 1. The second-order valence-electron chi connectivity index (χ2n) is 6.71. The standard InChI is InChI=1S/C22H24N2OS/c1-15-8-5-6-10-18(15)13-24(4)21(25)14-26-20-12-17(3)19-11-7-9-16(2)22(19)23-20/h5-12H,13-14H2,1-4H3. The quantitative estimate of drug-likeness (QED) is 0.603. The zero-order valence-electron chi connectivity index (χ0n) is 15.7. The average Bonchev–Trinajstić information content (AvgIpc) is 2.62. The maximum absolute atomic E-state index is 12.5. The first kappa shape index (κ1) is 18.5. The first-order valence-corrected chi connectivity index (χ1v) is 9.72. The van der Waals surface area contributed by atoms with Gasteiger partial charge >= 0.3 is 0 Å². The molecule has 0 saturated heterocycles. The van der Waals surface area contributed by atoms with Crippen molar-refractivity contribution in [1.29, 1.82) is 0 Å². The third-order valence-corrected chi connectivity index (χ3v) is 5.56. The number of carbonyl (C=O) groups excluding carboxylic acids is 1. The second kappa shape index (κ2) is 7.92. The number of nitrogens with zero attached hydrogens (tertiary/aromatic N) is 2. The van der Waals surface area contributed by atoms with Crippen molar-refractivity contribution in [2.75, 3.05) is 12.8 Å². The van der Waals surface area contributed by atoms with E-state index in [0.717, 1.165) is 16.1 Å². The molecule has 0 spiro atoms. The highest BCUT2D eigenvalue weighted by atomic mass is 32.2. The second-order valence-corrected chi connectivity index (χ2v) is 7.71. The number of pyridine rings is 1. The minimum atomic E-state index is 0.114. The van der Waals surface area contributed by atoms with Gasteiger partial charge < -0.3 is 4.90 Å². The Morgan fingerprint density at radius 1 is 1.00 bits per heavy atom. The Bertz CT molecular complexity index is 952. The monoisotopic (exact) mass is 364 g/mol. The van der Waals surface area contributed by atoms with Gasteiger partial charge in [0.2, 0.25) is 5.91 Å². The van der Waals surface area contributed by atoms with E-state index in [4.69, 9.17) is 4.98 Å². The minimum Gasteiger partial charge on any atom is -0.341 e. The molecule has 2 aromatic carbocycles. The summed E-state index contributed by atoms with van der Waals surface area (Å²) in [6.07, 6.45) is 0. The van der Waals surface area contributed by atoms with Crippen molar-refractivity contribution in [2.45, 2.75) is 32.3 Å². The highest BCUT2D eigenvalue weighted by Crippen LogP contribution is 2.25. The summed E-state index contributed by atoms with van der Waals surface area (Å²) in [6.45, 7) is 6.88. The fourth-order valence-corrected chi connectivity index (χ4v) is 3.89. The molecule has 1 heterocycles. The van der Waals surface area contributed by atoms with Crippen molar-refractivity contribution in [3.8, 4) is 0 Å². The van der Waals surface area contributed by atoms with Gasteiger partial charge in [-0.05, 0) is 49.1 Å². The van der Waals surface area contributed by atoms with Gasteiger partial charge in [-0.1, -0.05) is 54.2 Å². The molecular formula is C22H24N2OS. The number of fused-ring (bicyclic) bond motifs is 1. The molecule has 1 amide bonds. The Morgan fingerprint density at radius 2 is 1.73 bits per heavy atom. The highest BCUT2D eigenvalue weighted by Gasteiger charge is 2.12. The van der Waals surface area contributed by atoms with Crippen molar-refractivity contribution in [3.63, 3.8) is 0 Å². The zero-order valence-corrected chi connectivity index (χ0v) is 16.6. The molecule has 0 aliphatic heterocycles. The van der Waals surface area contributed by atoms with Gasteiger partial charge in [-0.15, -0.1) is 0 Å². The van der Waals surface area contributed by atoms with Gasteiger partial charge in [-0.25, -0.2) is 4.98 Å². The summed E-state index contributed by atoms with van der Waals surface area (Å²) in [5.41, 5.74) is 5.78. The van der Waals surface area contributed by atoms with Gasteiger partial charge in [0.1, 0.15) is 0 Å². The van der Waals surface area contributed by atoms with Crippen LogP contribution in [0.15, 0.2) is 53.6 Å². The van der Waals surface area contributed by atoms with Crippen LogP contribution >= 0.6 is 11.8 Å². The first-order valence-electron chi connectivity index (χ1n) is 8.74. The molecule has 4 heteroatoms. The lowest BCUT2D eigenvalue weighted by molar-refractivity contribution is -0.127. The first-order chi connectivity index (χ1) is 12.5. The third kappa shape index (κ3) is 4.07. The molecule has 134 valence electrons. The molecule has 0 fully saturated rings. The molecule has 3 aromatic rings. The maximum Gasteiger partial charge on any atom is 0.233 e. The SMILES string of the molecule is Cc1ccccc1CN(C)C(=O)CSc1cc(C)c2cccc(C)c2n1. The average molecular weight is 365 g/mol.